The summed E-state index contributed by atoms with van der Waals surface area (Å²) in [5, 5.41) is 6.53. The van der Waals surface area contributed by atoms with Crippen LogP contribution in [-0.4, -0.2) is 17.9 Å². The van der Waals surface area contributed by atoms with Crippen LogP contribution in [0.5, 0.6) is 0 Å². The van der Waals surface area contributed by atoms with Crippen molar-refractivity contribution in [3.8, 4) is 0 Å². The molecule has 1 heterocycles. The Kier molecular flexibility index (Phi) is 4.84. The van der Waals surface area contributed by atoms with E-state index in [1.54, 1.807) is 36.4 Å². The van der Waals surface area contributed by atoms with E-state index in [0.717, 1.165) is 11.8 Å². The van der Waals surface area contributed by atoms with Crippen molar-refractivity contribution in [2.24, 2.45) is 0 Å². The highest BCUT2D eigenvalue weighted by atomic mass is 16.3. The molecule has 2 N–H and O–H groups in total. The molecule has 0 unspecified atom stereocenters. The Morgan fingerprint density at radius 2 is 1.76 bits per heavy atom. The van der Waals surface area contributed by atoms with Crippen molar-refractivity contribution in [2.75, 3.05) is 5.32 Å². The summed E-state index contributed by atoms with van der Waals surface area (Å²) < 4.78 is 5.57. The highest BCUT2D eigenvalue weighted by molar-refractivity contribution is 6.09. The molecular formula is C20H20N2O3. The van der Waals surface area contributed by atoms with Crippen LogP contribution in [-0.2, 0) is 0 Å². The Bertz CT molecular complexity index is 881. The lowest BCUT2D eigenvalue weighted by Crippen LogP contribution is -2.32. The average Bonchev–Trinajstić information content (AvgIpc) is 3.06. The number of hydrogen-bond acceptors (Lipinski definition) is 3. The molecule has 0 bridgehead atoms. The van der Waals surface area contributed by atoms with E-state index < -0.39 is 0 Å². The minimum absolute atomic E-state index is 0.0617. The van der Waals surface area contributed by atoms with Gasteiger partial charge in [-0.2, -0.15) is 0 Å². The second-order valence-electron chi connectivity index (χ2n) is 5.93. The molecule has 0 saturated heterocycles. The number of hydrogen-bond donors (Lipinski definition) is 2. The van der Waals surface area contributed by atoms with Crippen LogP contribution in [0.3, 0.4) is 0 Å². The van der Waals surface area contributed by atoms with E-state index in [1.165, 1.54) is 0 Å². The first-order valence-corrected chi connectivity index (χ1v) is 8.28. The van der Waals surface area contributed by atoms with Gasteiger partial charge in [0, 0.05) is 11.4 Å². The highest BCUT2D eigenvalue weighted by Crippen LogP contribution is 2.21. The van der Waals surface area contributed by atoms with E-state index in [-0.39, 0.29) is 23.6 Å². The molecule has 2 amide bonds. The third kappa shape index (κ3) is 3.71. The molecule has 25 heavy (non-hydrogen) atoms. The fraction of sp³-hybridized carbons (Fsp3) is 0.200. The first kappa shape index (κ1) is 16.8. The SMILES string of the molecule is CC[C@H](C)NC(=O)c1ccccc1NC(=O)c1cc2ccccc2o1. The van der Waals surface area contributed by atoms with Crippen LogP contribution in [0.2, 0.25) is 0 Å². The van der Waals surface area contributed by atoms with Gasteiger partial charge in [0.1, 0.15) is 5.58 Å². The van der Waals surface area contributed by atoms with Crippen molar-refractivity contribution in [2.45, 2.75) is 26.3 Å². The summed E-state index contributed by atoms with van der Waals surface area (Å²) in [6.07, 6.45) is 0.833. The standard InChI is InChI=1S/C20H20N2O3/c1-3-13(2)21-19(23)15-9-5-6-10-16(15)22-20(24)18-12-14-8-4-7-11-17(14)25-18/h4-13H,3H2,1-2H3,(H,21,23)(H,22,24)/t13-/m0/s1. The van der Waals surface area contributed by atoms with Crippen molar-refractivity contribution < 1.29 is 14.0 Å². The van der Waals surface area contributed by atoms with Gasteiger partial charge >= 0.3 is 0 Å². The lowest BCUT2D eigenvalue weighted by Gasteiger charge is -2.14. The zero-order valence-corrected chi connectivity index (χ0v) is 14.2. The Hall–Kier alpha value is -3.08. The number of fused-ring (bicyclic) bond motifs is 1. The Morgan fingerprint density at radius 1 is 1.04 bits per heavy atom. The largest absolute Gasteiger partial charge is 0.451 e. The minimum Gasteiger partial charge on any atom is -0.451 e. The number of rotatable bonds is 5. The lowest BCUT2D eigenvalue weighted by atomic mass is 10.1. The molecule has 0 spiro atoms. The molecule has 2 aromatic carbocycles. The molecule has 128 valence electrons. The molecule has 0 aliphatic carbocycles. The van der Waals surface area contributed by atoms with E-state index in [2.05, 4.69) is 10.6 Å². The summed E-state index contributed by atoms with van der Waals surface area (Å²) in [7, 11) is 0. The molecule has 0 aliphatic heterocycles. The molecule has 5 heteroatoms. The number of anilines is 1. The molecule has 0 radical (unpaired) electrons. The lowest BCUT2D eigenvalue weighted by molar-refractivity contribution is 0.0940. The number of amides is 2. The number of carbonyl (C=O) groups is 2. The molecule has 5 nitrogen and oxygen atoms in total. The fourth-order valence-corrected chi connectivity index (χ4v) is 2.47. The van der Waals surface area contributed by atoms with Gasteiger partial charge in [0.15, 0.2) is 5.76 Å². The van der Waals surface area contributed by atoms with E-state index >= 15 is 0 Å². The summed E-state index contributed by atoms with van der Waals surface area (Å²) >= 11 is 0. The van der Waals surface area contributed by atoms with Crippen molar-refractivity contribution in [1.29, 1.82) is 0 Å². The summed E-state index contributed by atoms with van der Waals surface area (Å²) in [5.41, 5.74) is 1.52. The second-order valence-corrected chi connectivity index (χ2v) is 5.93. The average molecular weight is 336 g/mol. The fourth-order valence-electron chi connectivity index (χ4n) is 2.47. The number of furan rings is 1. The maximum Gasteiger partial charge on any atom is 0.291 e. The summed E-state index contributed by atoms with van der Waals surface area (Å²) in [6, 6.07) is 16.1. The maximum atomic E-state index is 12.5. The normalized spacial score (nSPS) is 11.9. The Balaban J connectivity index is 1.82. The molecular weight excluding hydrogens is 316 g/mol. The van der Waals surface area contributed by atoms with Crippen molar-refractivity contribution >= 4 is 28.5 Å². The molecule has 1 aromatic heterocycles. The van der Waals surface area contributed by atoms with Gasteiger partial charge in [0.2, 0.25) is 0 Å². The molecule has 1 atom stereocenters. The second kappa shape index (κ2) is 7.21. The Morgan fingerprint density at radius 3 is 2.52 bits per heavy atom. The van der Waals surface area contributed by atoms with Gasteiger partial charge in [0.05, 0.1) is 11.3 Å². The zero-order valence-electron chi connectivity index (χ0n) is 14.2. The minimum atomic E-state index is -0.389. The van der Waals surface area contributed by atoms with Gasteiger partial charge in [-0.3, -0.25) is 9.59 Å². The summed E-state index contributed by atoms with van der Waals surface area (Å²) in [5.74, 6) is -0.395. The van der Waals surface area contributed by atoms with Crippen LogP contribution in [0, 0.1) is 0 Å². The smallest absolute Gasteiger partial charge is 0.291 e. The number of carbonyl (C=O) groups excluding carboxylic acids is 2. The molecule has 3 aromatic rings. The van der Waals surface area contributed by atoms with Crippen molar-refractivity contribution in [3.63, 3.8) is 0 Å². The quantitative estimate of drug-likeness (QED) is 0.733. The zero-order chi connectivity index (χ0) is 17.8. The highest BCUT2D eigenvalue weighted by Gasteiger charge is 2.17. The first-order chi connectivity index (χ1) is 12.1. The summed E-state index contributed by atoms with van der Waals surface area (Å²) in [6.45, 7) is 3.94. The van der Waals surface area contributed by atoms with Gasteiger partial charge in [-0.25, -0.2) is 0 Å². The van der Waals surface area contributed by atoms with E-state index in [4.69, 9.17) is 4.42 Å². The van der Waals surface area contributed by atoms with E-state index in [0.29, 0.717) is 16.8 Å². The van der Waals surface area contributed by atoms with E-state index in [1.807, 2.05) is 32.0 Å². The van der Waals surface area contributed by atoms with Crippen LogP contribution >= 0.6 is 0 Å². The maximum absolute atomic E-state index is 12.5. The van der Waals surface area contributed by atoms with Crippen LogP contribution in [0.25, 0.3) is 11.0 Å². The number of benzene rings is 2. The van der Waals surface area contributed by atoms with Gasteiger partial charge in [0.25, 0.3) is 11.8 Å². The van der Waals surface area contributed by atoms with E-state index in [9.17, 15) is 9.59 Å². The van der Waals surface area contributed by atoms with Gasteiger partial charge < -0.3 is 15.1 Å². The molecule has 0 fully saturated rings. The number of nitrogens with one attached hydrogen (secondary N) is 2. The topological polar surface area (TPSA) is 71.3 Å². The van der Waals surface area contributed by atoms with Crippen LogP contribution in [0.4, 0.5) is 5.69 Å². The van der Waals surface area contributed by atoms with Crippen LogP contribution < -0.4 is 10.6 Å². The summed E-state index contributed by atoms with van der Waals surface area (Å²) in [4.78, 5) is 24.9. The number of para-hydroxylation sites is 2. The molecule has 0 saturated carbocycles. The van der Waals surface area contributed by atoms with Gasteiger partial charge in [-0.05, 0) is 37.6 Å². The first-order valence-electron chi connectivity index (χ1n) is 8.28. The Labute approximate surface area is 146 Å². The third-order valence-electron chi connectivity index (χ3n) is 4.06. The predicted octanol–water partition coefficient (Wildman–Crippen LogP) is 4.21. The van der Waals surface area contributed by atoms with Crippen molar-refractivity contribution in [3.05, 3.63) is 65.9 Å². The third-order valence-corrected chi connectivity index (χ3v) is 4.06. The van der Waals surface area contributed by atoms with Gasteiger partial charge in [-0.15, -0.1) is 0 Å². The monoisotopic (exact) mass is 336 g/mol. The van der Waals surface area contributed by atoms with Crippen molar-refractivity contribution in [1.82, 2.24) is 5.32 Å². The van der Waals surface area contributed by atoms with Crippen LogP contribution in [0.15, 0.2) is 59.0 Å². The predicted molar refractivity (Wildman–Crippen MR) is 97.8 cm³/mol. The molecule has 0 aliphatic rings. The van der Waals surface area contributed by atoms with Gasteiger partial charge in [-0.1, -0.05) is 37.3 Å². The van der Waals surface area contributed by atoms with Crippen LogP contribution in [0.1, 0.15) is 41.2 Å². The molecule has 3 rings (SSSR count).